The summed E-state index contributed by atoms with van der Waals surface area (Å²) in [5.74, 6) is -1.14. The van der Waals surface area contributed by atoms with Crippen LogP contribution in [0.1, 0.15) is 41.5 Å². The zero-order chi connectivity index (χ0) is 14.8. The van der Waals surface area contributed by atoms with Crippen molar-refractivity contribution in [2.75, 3.05) is 0 Å². The quantitative estimate of drug-likeness (QED) is 0.759. The second kappa shape index (κ2) is 5.00. The highest BCUT2D eigenvalue weighted by molar-refractivity contribution is 5.85. The number of alkyl carbamates (subject to hydrolysis) is 1. The van der Waals surface area contributed by atoms with E-state index in [1.807, 2.05) is 0 Å². The number of carbonyl (C=O) groups excluding carboxylic acids is 1. The Labute approximate surface area is 108 Å². The summed E-state index contributed by atoms with van der Waals surface area (Å²) < 4.78 is 5.08. The number of ether oxygens (including phenoxy) is 1. The Balaban J connectivity index is 5.13. The molecule has 1 unspecified atom stereocenters. The zero-order valence-electron chi connectivity index (χ0n) is 12.0. The number of hydrogen-bond acceptors (Lipinski definition) is 3. The molecule has 5 nitrogen and oxygen atoms in total. The monoisotopic (exact) mass is 257 g/mol. The first-order valence-corrected chi connectivity index (χ1v) is 5.74. The van der Waals surface area contributed by atoms with Crippen LogP contribution < -0.4 is 5.32 Å². The van der Waals surface area contributed by atoms with E-state index in [9.17, 15) is 14.7 Å². The van der Waals surface area contributed by atoms with Crippen LogP contribution >= 0.6 is 0 Å². The molecule has 0 fully saturated rings. The van der Waals surface area contributed by atoms with Gasteiger partial charge in [-0.1, -0.05) is 19.9 Å². The molecule has 2 N–H and O–H groups in total. The van der Waals surface area contributed by atoms with Crippen molar-refractivity contribution in [2.45, 2.75) is 52.7 Å². The van der Waals surface area contributed by atoms with Gasteiger partial charge >= 0.3 is 12.1 Å². The molecule has 0 bridgehead atoms. The Bertz CT molecular complexity index is 354. The van der Waals surface area contributed by atoms with E-state index in [1.54, 1.807) is 34.6 Å². The van der Waals surface area contributed by atoms with Crippen LogP contribution in [0.4, 0.5) is 4.79 Å². The lowest BCUT2D eigenvalue weighted by Crippen LogP contribution is -2.61. The first-order chi connectivity index (χ1) is 7.85. The lowest BCUT2D eigenvalue weighted by Gasteiger charge is -2.39. The minimum atomic E-state index is -1.49. The molecule has 0 radical (unpaired) electrons. The normalized spacial score (nSPS) is 15.4. The molecule has 1 amide bonds. The van der Waals surface area contributed by atoms with Crippen LogP contribution in [0.15, 0.2) is 12.7 Å². The van der Waals surface area contributed by atoms with Crippen molar-refractivity contribution >= 4 is 12.1 Å². The summed E-state index contributed by atoms with van der Waals surface area (Å²) in [4.78, 5) is 23.1. The van der Waals surface area contributed by atoms with E-state index in [0.29, 0.717) is 0 Å². The molecule has 0 aliphatic heterocycles. The van der Waals surface area contributed by atoms with Gasteiger partial charge in [0.1, 0.15) is 11.1 Å². The zero-order valence-corrected chi connectivity index (χ0v) is 12.0. The molecule has 0 aliphatic carbocycles. The predicted octanol–water partition coefficient (Wildman–Crippen LogP) is 2.57. The average molecular weight is 257 g/mol. The van der Waals surface area contributed by atoms with Gasteiger partial charge in [-0.05, 0) is 27.7 Å². The van der Waals surface area contributed by atoms with Crippen molar-refractivity contribution in [2.24, 2.45) is 5.41 Å². The van der Waals surface area contributed by atoms with Gasteiger partial charge in [-0.15, -0.1) is 6.58 Å². The average Bonchev–Trinajstić information content (AvgIpc) is 2.13. The summed E-state index contributed by atoms with van der Waals surface area (Å²) in [6.07, 6.45) is 0.737. The molecule has 0 aliphatic rings. The van der Waals surface area contributed by atoms with Gasteiger partial charge in [0.15, 0.2) is 0 Å². The largest absolute Gasteiger partial charge is 0.479 e. The van der Waals surface area contributed by atoms with Crippen molar-refractivity contribution in [3.05, 3.63) is 12.7 Å². The van der Waals surface area contributed by atoms with Crippen LogP contribution in [-0.4, -0.2) is 28.3 Å². The van der Waals surface area contributed by atoms with E-state index < -0.39 is 28.6 Å². The minimum absolute atomic E-state index is 0.679. The molecule has 0 aromatic rings. The van der Waals surface area contributed by atoms with E-state index in [4.69, 9.17) is 4.74 Å². The van der Waals surface area contributed by atoms with Gasteiger partial charge in [-0.2, -0.15) is 0 Å². The maximum Gasteiger partial charge on any atom is 0.408 e. The maximum atomic E-state index is 11.7. The van der Waals surface area contributed by atoms with Crippen LogP contribution in [0.25, 0.3) is 0 Å². The number of amides is 1. The smallest absolute Gasteiger partial charge is 0.408 e. The molecule has 1 atom stereocenters. The van der Waals surface area contributed by atoms with Gasteiger partial charge in [0.25, 0.3) is 0 Å². The highest BCUT2D eigenvalue weighted by Gasteiger charge is 2.47. The number of nitrogens with one attached hydrogen (secondary N) is 1. The molecular formula is C13H23NO4. The Morgan fingerprint density at radius 2 is 1.61 bits per heavy atom. The summed E-state index contributed by atoms with van der Waals surface area (Å²) in [5.41, 5.74) is -2.99. The van der Waals surface area contributed by atoms with Crippen LogP contribution in [0, 0.1) is 5.41 Å². The van der Waals surface area contributed by atoms with E-state index >= 15 is 0 Å². The number of aliphatic carboxylic acids is 1. The third kappa shape index (κ3) is 3.75. The summed E-state index contributed by atoms with van der Waals surface area (Å²) in [6, 6.07) is 0. The van der Waals surface area contributed by atoms with E-state index in [2.05, 4.69) is 11.9 Å². The third-order valence-corrected chi connectivity index (χ3v) is 2.98. The summed E-state index contributed by atoms with van der Waals surface area (Å²) >= 11 is 0. The Hall–Kier alpha value is -1.52. The Morgan fingerprint density at radius 3 is 1.89 bits per heavy atom. The minimum Gasteiger partial charge on any atom is -0.479 e. The van der Waals surface area contributed by atoms with Crippen LogP contribution in [0.5, 0.6) is 0 Å². The molecule has 0 rings (SSSR count). The number of carboxylic acids is 1. The topological polar surface area (TPSA) is 75.6 Å². The standard InChI is InChI=1S/C13H23NO4/c1-8-12(5,6)13(7,9(15)16)14-10(17)18-11(2,3)4/h8H,1H2,2-7H3,(H,14,17)(H,15,16). The highest BCUT2D eigenvalue weighted by atomic mass is 16.6. The Kier molecular flexibility index (Phi) is 4.58. The van der Waals surface area contributed by atoms with E-state index in [-0.39, 0.29) is 0 Å². The second-order valence-electron chi connectivity index (χ2n) is 5.98. The number of hydrogen-bond donors (Lipinski definition) is 2. The van der Waals surface area contributed by atoms with E-state index in [1.165, 1.54) is 13.0 Å². The molecule has 0 aromatic heterocycles. The fourth-order valence-corrected chi connectivity index (χ4v) is 1.20. The molecule has 5 heteroatoms. The van der Waals surface area contributed by atoms with Crippen molar-refractivity contribution in [1.82, 2.24) is 5.32 Å². The number of carbonyl (C=O) groups is 2. The first-order valence-electron chi connectivity index (χ1n) is 5.74. The van der Waals surface area contributed by atoms with Gasteiger partial charge in [0.05, 0.1) is 0 Å². The maximum absolute atomic E-state index is 11.7. The number of carboxylic acid groups (broad SMARTS) is 1. The van der Waals surface area contributed by atoms with Crippen molar-refractivity contribution < 1.29 is 19.4 Å². The van der Waals surface area contributed by atoms with Gasteiger partial charge in [0, 0.05) is 5.41 Å². The third-order valence-electron chi connectivity index (χ3n) is 2.98. The van der Waals surface area contributed by atoms with E-state index in [0.717, 1.165) is 0 Å². The molecule has 0 heterocycles. The predicted molar refractivity (Wildman–Crippen MR) is 69.4 cm³/mol. The fourth-order valence-electron chi connectivity index (χ4n) is 1.20. The lowest BCUT2D eigenvalue weighted by molar-refractivity contribution is -0.148. The molecule has 0 saturated heterocycles. The summed E-state index contributed by atoms with van der Waals surface area (Å²) in [5, 5.41) is 11.7. The molecule has 18 heavy (non-hydrogen) atoms. The first kappa shape index (κ1) is 16.5. The second-order valence-corrected chi connectivity index (χ2v) is 5.98. The van der Waals surface area contributed by atoms with Crippen LogP contribution in [0.3, 0.4) is 0 Å². The molecule has 0 aromatic carbocycles. The van der Waals surface area contributed by atoms with Gasteiger partial charge in [-0.25, -0.2) is 9.59 Å². The summed E-state index contributed by atoms with van der Waals surface area (Å²) in [6.45, 7) is 13.5. The fraction of sp³-hybridized carbons (Fsp3) is 0.692. The van der Waals surface area contributed by atoms with Crippen molar-refractivity contribution in [1.29, 1.82) is 0 Å². The van der Waals surface area contributed by atoms with Crippen LogP contribution in [-0.2, 0) is 9.53 Å². The highest BCUT2D eigenvalue weighted by Crippen LogP contribution is 2.32. The van der Waals surface area contributed by atoms with Gasteiger partial charge in [-0.3, -0.25) is 0 Å². The Morgan fingerprint density at radius 1 is 1.17 bits per heavy atom. The van der Waals surface area contributed by atoms with Crippen LogP contribution in [0.2, 0.25) is 0 Å². The molecule has 104 valence electrons. The summed E-state index contributed by atoms with van der Waals surface area (Å²) in [7, 11) is 0. The van der Waals surface area contributed by atoms with Gasteiger partial charge in [0.2, 0.25) is 0 Å². The SMILES string of the molecule is C=CC(C)(C)C(C)(NC(=O)OC(C)(C)C)C(=O)O. The lowest BCUT2D eigenvalue weighted by atomic mass is 9.73. The van der Waals surface area contributed by atoms with Crippen molar-refractivity contribution in [3.63, 3.8) is 0 Å². The molecule has 0 saturated carbocycles. The molecule has 0 spiro atoms. The van der Waals surface area contributed by atoms with Crippen molar-refractivity contribution in [3.8, 4) is 0 Å². The number of rotatable bonds is 4. The van der Waals surface area contributed by atoms with Gasteiger partial charge < -0.3 is 15.2 Å². The molecular weight excluding hydrogens is 234 g/mol.